The van der Waals surface area contributed by atoms with Crippen LogP contribution in [0, 0.1) is 0 Å². The number of hydrogen-bond acceptors (Lipinski definition) is 3. The fourth-order valence-electron chi connectivity index (χ4n) is 1.43. The third kappa shape index (κ3) is 13.2. The molecule has 0 radical (unpaired) electrons. The van der Waals surface area contributed by atoms with Crippen molar-refractivity contribution < 1.29 is 14.6 Å². The number of aliphatic hydroxyl groups is 1. The summed E-state index contributed by atoms with van der Waals surface area (Å²) >= 11 is 0. The number of unbranched alkanes of at least 4 members (excludes halogenated alkanes) is 6. The van der Waals surface area contributed by atoms with Crippen LogP contribution in [-0.2, 0) is 9.53 Å². The minimum atomic E-state index is -0.228. The molecule has 0 saturated carbocycles. The van der Waals surface area contributed by atoms with Crippen molar-refractivity contribution in [3.05, 3.63) is 12.2 Å². The van der Waals surface area contributed by atoms with Gasteiger partial charge in [0, 0.05) is 13.5 Å². The van der Waals surface area contributed by atoms with Crippen molar-refractivity contribution in [2.24, 2.45) is 0 Å². The molecule has 0 aliphatic carbocycles. The fourth-order valence-corrected chi connectivity index (χ4v) is 1.43. The van der Waals surface area contributed by atoms with Crippen molar-refractivity contribution in [3.63, 3.8) is 0 Å². The van der Waals surface area contributed by atoms with E-state index in [1.807, 2.05) is 6.08 Å². The average molecular weight is 228 g/mol. The molecule has 0 aromatic rings. The van der Waals surface area contributed by atoms with Crippen LogP contribution in [0.4, 0.5) is 0 Å². The average Bonchev–Trinajstić information content (AvgIpc) is 2.25. The van der Waals surface area contributed by atoms with Crippen LogP contribution in [0.25, 0.3) is 0 Å². The molecule has 0 aromatic heterocycles. The van der Waals surface area contributed by atoms with Gasteiger partial charge in [-0.05, 0) is 19.3 Å². The van der Waals surface area contributed by atoms with E-state index in [4.69, 9.17) is 9.84 Å². The molecule has 0 unspecified atom stereocenters. The number of rotatable bonds is 10. The maximum atomic E-state index is 10.4. The number of carbonyl (C=O) groups is 1. The molecular weight excluding hydrogens is 204 g/mol. The Morgan fingerprint density at radius 2 is 1.69 bits per heavy atom. The first-order valence-corrected chi connectivity index (χ1v) is 6.16. The zero-order valence-corrected chi connectivity index (χ0v) is 10.3. The highest BCUT2D eigenvalue weighted by molar-refractivity contribution is 5.65. The Kier molecular flexibility index (Phi) is 11.6. The van der Waals surface area contributed by atoms with E-state index in [9.17, 15) is 4.79 Å². The molecule has 1 N–H and O–H groups in total. The number of allylic oxidation sites excluding steroid dienone is 1. The Morgan fingerprint density at radius 1 is 1.06 bits per heavy atom. The van der Waals surface area contributed by atoms with Crippen LogP contribution in [0.3, 0.4) is 0 Å². The molecule has 0 saturated heterocycles. The molecule has 0 aliphatic rings. The largest absolute Gasteiger partial charge is 0.462 e. The van der Waals surface area contributed by atoms with Gasteiger partial charge in [0.05, 0.1) is 0 Å². The third-order valence-corrected chi connectivity index (χ3v) is 2.33. The molecule has 0 atom stereocenters. The number of esters is 1. The Balaban J connectivity index is 3.05. The molecule has 0 bridgehead atoms. The number of carbonyl (C=O) groups excluding carboxylic acids is 1. The molecule has 16 heavy (non-hydrogen) atoms. The van der Waals surface area contributed by atoms with Gasteiger partial charge < -0.3 is 9.84 Å². The van der Waals surface area contributed by atoms with Crippen molar-refractivity contribution in [2.45, 2.75) is 51.9 Å². The molecule has 3 nitrogen and oxygen atoms in total. The third-order valence-electron chi connectivity index (χ3n) is 2.33. The number of hydrogen-bond donors (Lipinski definition) is 1. The number of ether oxygens (including phenoxy) is 1. The van der Waals surface area contributed by atoms with Crippen LogP contribution in [0.15, 0.2) is 12.2 Å². The molecule has 0 spiro atoms. The maximum absolute atomic E-state index is 10.4. The van der Waals surface area contributed by atoms with Gasteiger partial charge in [-0.3, -0.25) is 4.79 Å². The van der Waals surface area contributed by atoms with Crippen molar-refractivity contribution in [2.75, 3.05) is 13.2 Å². The van der Waals surface area contributed by atoms with Crippen LogP contribution in [0.1, 0.15) is 51.9 Å². The zero-order chi connectivity index (χ0) is 12.1. The Morgan fingerprint density at radius 3 is 2.31 bits per heavy atom. The topological polar surface area (TPSA) is 46.5 Å². The van der Waals surface area contributed by atoms with E-state index in [2.05, 4.69) is 6.08 Å². The van der Waals surface area contributed by atoms with Crippen LogP contribution in [-0.4, -0.2) is 24.3 Å². The van der Waals surface area contributed by atoms with E-state index >= 15 is 0 Å². The van der Waals surface area contributed by atoms with Crippen LogP contribution >= 0.6 is 0 Å². The summed E-state index contributed by atoms with van der Waals surface area (Å²) in [6.45, 7) is 2.13. The van der Waals surface area contributed by atoms with Crippen LogP contribution in [0.5, 0.6) is 0 Å². The van der Waals surface area contributed by atoms with E-state index in [-0.39, 0.29) is 5.97 Å². The molecule has 3 heteroatoms. The second-order valence-corrected chi connectivity index (χ2v) is 3.91. The molecule has 0 amide bonds. The molecule has 0 aromatic carbocycles. The summed E-state index contributed by atoms with van der Waals surface area (Å²) in [4.78, 5) is 10.4. The van der Waals surface area contributed by atoms with E-state index in [1.54, 1.807) is 0 Å². The predicted octanol–water partition coefficient (Wildman–Crippen LogP) is 2.83. The maximum Gasteiger partial charge on any atom is 0.302 e. The molecule has 94 valence electrons. The highest BCUT2D eigenvalue weighted by Crippen LogP contribution is 2.07. The summed E-state index contributed by atoms with van der Waals surface area (Å²) in [6.07, 6.45) is 12.0. The molecule has 0 fully saturated rings. The van der Waals surface area contributed by atoms with Gasteiger partial charge in [-0.2, -0.15) is 0 Å². The summed E-state index contributed by atoms with van der Waals surface area (Å²) in [5, 5.41) is 8.58. The summed E-state index contributed by atoms with van der Waals surface area (Å²) < 4.78 is 4.76. The summed E-state index contributed by atoms with van der Waals surface area (Å²) in [5.41, 5.74) is 0. The fraction of sp³-hybridized carbons (Fsp3) is 0.769. The first kappa shape index (κ1) is 15.2. The van der Waals surface area contributed by atoms with Gasteiger partial charge in [-0.1, -0.05) is 37.8 Å². The standard InChI is InChI=1S/C13H24O3/c1-13(15)16-12-10-8-6-4-2-3-5-7-9-11-14/h8,10,14H,2-7,9,11-12H2,1H3. The second-order valence-electron chi connectivity index (χ2n) is 3.91. The minimum Gasteiger partial charge on any atom is -0.462 e. The van der Waals surface area contributed by atoms with Crippen LogP contribution in [0.2, 0.25) is 0 Å². The van der Waals surface area contributed by atoms with E-state index in [0.29, 0.717) is 13.2 Å². The van der Waals surface area contributed by atoms with Crippen molar-refractivity contribution in [1.82, 2.24) is 0 Å². The Hall–Kier alpha value is -0.830. The van der Waals surface area contributed by atoms with Crippen LogP contribution < -0.4 is 0 Å². The van der Waals surface area contributed by atoms with E-state index in [0.717, 1.165) is 19.3 Å². The lowest BCUT2D eigenvalue weighted by Gasteiger charge is -1.98. The van der Waals surface area contributed by atoms with Crippen molar-refractivity contribution in [3.8, 4) is 0 Å². The van der Waals surface area contributed by atoms with E-state index < -0.39 is 0 Å². The second kappa shape index (κ2) is 12.2. The lowest BCUT2D eigenvalue weighted by molar-refractivity contribution is -0.139. The smallest absolute Gasteiger partial charge is 0.302 e. The van der Waals surface area contributed by atoms with Gasteiger partial charge in [0.25, 0.3) is 0 Å². The normalized spacial score (nSPS) is 10.9. The molecule has 0 aliphatic heterocycles. The Bertz CT molecular complexity index is 188. The predicted molar refractivity (Wildman–Crippen MR) is 65.2 cm³/mol. The van der Waals surface area contributed by atoms with Gasteiger partial charge in [-0.15, -0.1) is 0 Å². The quantitative estimate of drug-likeness (QED) is 0.355. The Labute approximate surface area is 98.5 Å². The van der Waals surface area contributed by atoms with Crippen molar-refractivity contribution in [1.29, 1.82) is 0 Å². The SMILES string of the molecule is CC(=O)OCC=CCCCCCCCCO. The highest BCUT2D eigenvalue weighted by Gasteiger charge is 1.90. The lowest BCUT2D eigenvalue weighted by Crippen LogP contribution is -1.97. The van der Waals surface area contributed by atoms with Gasteiger partial charge in [-0.25, -0.2) is 0 Å². The molecular formula is C13H24O3. The van der Waals surface area contributed by atoms with Gasteiger partial charge in [0.15, 0.2) is 0 Å². The summed E-state index contributed by atoms with van der Waals surface area (Å²) in [7, 11) is 0. The van der Waals surface area contributed by atoms with Crippen molar-refractivity contribution >= 4 is 5.97 Å². The first-order chi connectivity index (χ1) is 7.77. The summed E-state index contributed by atoms with van der Waals surface area (Å²) in [6, 6.07) is 0. The number of aliphatic hydroxyl groups excluding tert-OH is 1. The minimum absolute atomic E-state index is 0.228. The molecule has 0 heterocycles. The zero-order valence-electron chi connectivity index (χ0n) is 10.3. The lowest BCUT2D eigenvalue weighted by atomic mass is 10.1. The van der Waals surface area contributed by atoms with Gasteiger partial charge in [0.1, 0.15) is 6.61 Å². The monoisotopic (exact) mass is 228 g/mol. The van der Waals surface area contributed by atoms with E-state index in [1.165, 1.54) is 32.6 Å². The molecule has 0 rings (SSSR count). The van der Waals surface area contributed by atoms with Gasteiger partial charge >= 0.3 is 5.97 Å². The summed E-state index contributed by atoms with van der Waals surface area (Å²) in [5.74, 6) is -0.228. The highest BCUT2D eigenvalue weighted by atomic mass is 16.5. The van der Waals surface area contributed by atoms with Gasteiger partial charge in [0.2, 0.25) is 0 Å². The first-order valence-electron chi connectivity index (χ1n) is 6.16.